The lowest BCUT2D eigenvalue weighted by atomic mass is 10.1. The number of carbonyl (C=O) groups excluding carboxylic acids is 4. The highest BCUT2D eigenvalue weighted by molar-refractivity contribution is 9.10. The highest BCUT2D eigenvalue weighted by Crippen LogP contribution is 2.40. The van der Waals surface area contributed by atoms with Crippen molar-refractivity contribution in [2.45, 2.75) is 108 Å². The first-order valence-electron chi connectivity index (χ1n) is 25.6. The summed E-state index contributed by atoms with van der Waals surface area (Å²) in [7, 11) is -1.68. The van der Waals surface area contributed by atoms with E-state index in [0.29, 0.717) is 17.1 Å². The Labute approximate surface area is 477 Å². The molecule has 6 heterocycles. The van der Waals surface area contributed by atoms with Gasteiger partial charge in [-0.15, -0.1) is 5.54 Å². The fraction of sp³-hybridized carbons (Fsp3) is 0.396. The van der Waals surface area contributed by atoms with Crippen LogP contribution < -0.4 is 22.9 Å². The maximum Gasteiger partial charge on any atom is 0.345 e. The van der Waals surface area contributed by atoms with Crippen LogP contribution in [0.2, 0.25) is 19.6 Å². The molecule has 83 heavy (non-hydrogen) atoms. The molecule has 0 spiro atoms. The summed E-state index contributed by atoms with van der Waals surface area (Å²) < 4.78 is 123. The number of halogens is 9. The zero-order chi connectivity index (χ0) is 60.5. The van der Waals surface area contributed by atoms with Crippen molar-refractivity contribution in [2.24, 2.45) is 11.5 Å². The molecule has 10 rings (SSSR count). The summed E-state index contributed by atoms with van der Waals surface area (Å²) in [5.41, 5.74) is 25.6. The van der Waals surface area contributed by atoms with Gasteiger partial charge in [-0.2, -0.15) is 27.8 Å². The number of imidazole rings is 2. The maximum atomic E-state index is 15.2. The summed E-state index contributed by atoms with van der Waals surface area (Å²) in [4.78, 5) is 58.6. The van der Waals surface area contributed by atoms with E-state index in [1.165, 1.54) is 31.6 Å². The number of alkyl halides is 4. The van der Waals surface area contributed by atoms with E-state index in [1.807, 2.05) is 24.2 Å². The number of carbonyl (C=O) groups is 4. The van der Waals surface area contributed by atoms with E-state index < -0.39 is 105 Å². The molecule has 440 valence electrons. The minimum absolute atomic E-state index is 0.0113. The van der Waals surface area contributed by atoms with E-state index in [-0.39, 0.29) is 88.2 Å². The average molecular weight is 1240 g/mol. The summed E-state index contributed by atoms with van der Waals surface area (Å²) >= 11 is 3.10. The van der Waals surface area contributed by atoms with Crippen molar-refractivity contribution < 1.29 is 63.8 Å². The van der Waals surface area contributed by atoms with Crippen LogP contribution in [0, 0.1) is 46.6 Å². The second-order valence-electron chi connectivity index (χ2n) is 20.8. The second-order valence-corrected chi connectivity index (χ2v) is 26.3. The topological polar surface area (TPSA) is 269 Å². The van der Waals surface area contributed by atoms with Gasteiger partial charge < -0.3 is 51.3 Å². The van der Waals surface area contributed by atoms with Crippen LogP contribution >= 0.6 is 15.9 Å². The number of benzene rings is 2. The van der Waals surface area contributed by atoms with Crippen LogP contribution in [0.15, 0.2) is 54.7 Å². The number of nitrogens with two attached hydrogens (primary N) is 4. The number of likely N-dealkylation sites (tertiary alicyclic amines) is 2. The third-order valence-electron chi connectivity index (χ3n) is 13.8. The summed E-state index contributed by atoms with van der Waals surface area (Å²) in [6.45, 7) is 6.32. The van der Waals surface area contributed by atoms with Crippen LogP contribution in [0.5, 0.6) is 0 Å². The highest BCUT2D eigenvalue weighted by Gasteiger charge is 2.40. The zero-order valence-electron chi connectivity index (χ0n) is 44.7. The quantitative estimate of drug-likeness (QED) is 0.0363. The van der Waals surface area contributed by atoms with Crippen LogP contribution in [0.1, 0.15) is 100 Å². The molecule has 4 atom stereocenters. The van der Waals surface area contributed by atoms with Gasteiger partial charge >= 0.3 is 13.2 Å². The number of rotatable bonds is 14. The van der Waals surface area contributed by atoms with Crippen molar-refractivity contribution in [3.05, 3.63) is 106 Å². The van der Waals surface area contributed by atoms with Crippen molar-refractivity contribution in [2.75, 3.05) is 37.8 Å². The molecular formula is C53H55BrF8N14O6Si. The third-order valence-corrected chi connectivity index (χ3v) is 15.3. The number of amides is 4. The molecule has 0 radical (unpaired) electrons. The number of ether oxygens (including phenoxy) is 2. The van der Waals surface area contributed by atoms with Crippen LogP contribution in [0.25, 0.3) is 22.1 Å². The summed E-state index contributed by atoms with van der Waals surface area (Å²) in [5.74, 6) is 1.61. The first kappa shape index (κ1) is 61.0. The lowest BCUT2D eigenvalue weighted by molar-refractivity contribution is -0.146. The molecule has 2 aromatic carbocycles. The number of nitrogen functional groups attached to an aromatic ring is 2. The maximum absolute atomic E-state index is 15.2. The van der Waals surface area contributed by atoms with Crippen molar-refractivity contribution in [1.29, 1.82) is 0 Å². The van der Waals surface area contributed by atoms with E-state index in [1.54, 1.807) is 10.9 Å². The Balaban J connectivity index is 0.000000175. The number of nitrogens with zero attached hydrogens (tertiary/aromatic N) is 10. The number of aromatic nitrogens is 8. The lowest BCUT2D eigenvalue weighted by Crippen LogP contribution is -2.37. The molecule has 4 aliphatic rings. The van der Waals surface area contributed by atoms with Crippen LogP contribution in [0.4, 0.5) is 46.8 Å². The summed E-state index contributed by atoms with van der Waals surface area (Å²) in [6, 6.07) is 0.598. The zero-order valence-corrected chi connectivity index (χ0v) is 47.3. The molecule has 2 aliphatic carbocycles. The van der Waals surface area contributed by atoms with E-state index in [2.05, 4.69) is 82.0 Å². The largest absolute Gasteiger partial charge is 0.383 e. The summed E-state index contributed by atoms with van der Waals surface area (Å²) in [5, 5.41) is 8.35. The molecule has 0 bridgehead atoms. The normalized spacial score (nSPS) is 18.5. The number of hydrogen-bond acceptors (Lipinski definition) is 12. The minimum atomic E-state index is -3.04. The van der Waals surface area contributed by atoms with Gasteiger partial charge in [-0.25, -0.2) is 36.9 Å². The van der Waals surface area contributed by atoms with Gasteiger partial charge in [0.05, 0.1) is 72.2 Å². The van der Waals surface area contributed by atoms with Gasteiger partial charge in [-0.1, -0.05) is 44.6 Å². The Morgan fingerprint density at radius 1 is 0.687 bits per heavy atom. The predicted octanol–water partition coefficient (Wildman–Crippen LogP) is 7.27. The van der Waals surface area contributed by atoms with Crippen molar-refractivity contribution in [3.8, 4) is 23.3 Å². The Bertz CT molecular complexity index is 3680. The van der Waals surface area contributed by atoms with E-state index >= 15 is 4.39 Å². The minimum Gasteiger partial charge on any atom is -0.383 e. The Morgan fingerprint density at radius 3 is 1.49 bits per heavy atom. The molecule has 2 aliphatic heterocycles. The molecule has 4 amide bonds. The third kappa shape index (κ3) is 13.4. The Morgan fingerprint density at radius 2 is 1.11 bits per heavy atom. The fourth-order valence-corrected chi connectivity index (χ4v) is 10.7. The molecule has 30 heteroatoms. The second kappa shape index (κ2) is 24.8. The molecule has 6 aromatic rings. The number of anilines is 2. The van der Waals surface area contributed by atoms with Crippen molar-refractivity contribution in [3.63, 3.8) is 0 Å². The van der Waals surface area contributed by atoms with Crippen LogP contribution in [-0.2, 0) is 19.1 Å². The molecule has 2 saturated carbocycles. The predicted molar refractivity (Wildman–Crippen MR) is 293 cm³/mol. The van der Waals surface area contributed by atoms with Gasteiger partial charge in [0.15, 0.2) is 17.3 Å². The average Bonchev–Trinajstić information content (AvgIpc) is 2.68. The lowest BCUT2D eigenvalue weighted by Gasteiger charge is -2.22. The van der Waals surface area contributed by atoms with Crippen molar-refractivity contribution >= 4 is 81.3 Å². The first-order valence-corrected chi connectivity index (χ1v) is 29.9. The molecule has 20 nitrogen and oxygen atoms in total. The molecule has 8 N–H and O–H groups in total. The highest BCUT2D eigenvalue weighted by atomic mass is 79.9. The molecule has 2 saturated heterocycles. The molecule has 0 unspecified atom stereocenters. The molecule has 4 aromatic heterocycles. The fourth-order valence-electron chi connectivity index (χ4n) is 9.66. The van der Waals surface area contributed by atoms with E-state index in [9.17, 15) is 49.9 Å². The Hall–Kier alpha value is -8.06. The first-order chi connectivity index (χ1) is 39.2. The van der Waals surface area contributed by atoms with Gasteiger partial charge in [-0.3, -0.25) is 19.2 Å². The van der Waals surface area contributed by atoms with E-state index in [0.717, 1.165) is 43.9 Å². The number of primary amides is 2. The van der Waals surface area contributed by atoms with Gasteiger partial charge in [0.1, 0.15) is 58.1 Å². The monoisotopic (exact) mass is 1240 g/mol. The molecular weight excluding hydrogens is 1190 g/mol. The van der Waals surface area contributed by atoms with E-state index in [4.69, 9.17) is 22.9 Å². The number of hydrogen-bond donors (Lipinski definition) is 4. The smallest absolute Gasteiger partial charge is 0.345 e. The van der Waals surface area contributed by atoms with Gasteiger partial charge in [0, 0.05) is 37.3 Å². The Kier molecular flexibility index (Phi) is 18.2. The van der Waals surface area contributed by atoms with Crippen LogP contribution in [-0.4, -0.2) is 132 Å². The SMILES string of the molecule is C=CC(=O)N1C[C@@H](n2nc(Br)c(C(N)=O)c2N)C[C@@H]1COC(F)F.C=CC(=O)N1C[C@@H](n2nc(C#Cc3c(F)cc4c(ncn4C4CC4)c3F)c(C(N)=O)c2N)C[C@@H]1COC(F)F.C[Si](C)(C)C#Cc1c(F)cc2c(ncn2C2CC2)c1F. The van der Waals surface area contributed by atoms with Crippen molar-refractivity contribution in [1.82, 2.24) is 48.5 Å². The number of fused-ring (bicyclic) bond motifs is 2. The standard InChI is InChI=1S/C25H23F4N7O3.C15H16F2N2Si.C13H16BrF2N5O3/c1-2-19(37)34-9-13(7-14(34)10-39-25(28)29)36-23(30)20(24(31)38)17(33-36)6-5-15-16(26)8-18-22(21(15)27)32-11-35(18)12-3-4-12;1-20(2,3)7-6-11-12(16)8-13-15(14(11)17)18-9-19(13)10-4-5-10;1-2-8(22)20-4-6(3-7(20)5-24-13(15)16)21-11(17)9(12(18)23)10(14)19-21/h2,8,11-14,25H,1,3-4,7,9-10,30H2,(H2,31,38);8-10H,4-5H2,1-3H3;2,6-7,13H,1,3-5,17H2,(H2,18,23)/t13-,14+;;6-,7+/m0.0/s1. The summed E-state index contributed by atoms with van der Waals surface area (Å²) in [6.07, 6.45) is 9.46. The van der Waals surface area contributed by atoms with Gasteiger partial charge in [0.25, 0.3) is 11.8 Å². The molecule has 4 fully saturated rings. The van der Waals surface area contributed by atoms with Gasteiger partial charge in [0.2, 0.25) is 11.8 Å². The van der Waals surface area contributed by atoms with Gasteiger partial charge in [-0.05, 0) is 72.5 Å². The van der Waals surface area contributed by atoms with Crippen LogP contribution in [0.3, 0.4) is 0 Å².